The third-order valence-electron chi connectivity index (χ3n) is 15.7. The highest BCUT2D eigenvalue weighted by atomic mass is 19.4. The molecule has 20 nitrogen and oxygen atoms in total. The Balaban J connectivity index is 0.000000157. The molecule has 0 bridgehead atoms. The van der Waals surface area contributed by atoms with Gasteiger partial charge in [-0.1, -0.05) is 90.5 Å². The molecule has 0 aromatic heterocycles. The highest BCUT2D eigenvalue weighted by Crippen LogP contribution is 2.42. The average molecular weight is 1400 g/mol. The van der Waals surface area contributed by atoms with E-state index in [2.05, 4.69) is 0 Å². The molecule has 0 spiro atoms. The van der Waals surface area contributed by atoms with Gasteiger partial charge in [0.2, 0.25) is 5.75 Å². The van der Waals surface area contributed by atoms with E-state index in [-0.39, 0.29) is 131 Å². The van der Waals surface area contributed by atoms with Crippen LogP contribution in [0.4, 0.5) is 26.3 Å². The molecular weight excluding hydrogens is 1330 g/mol. The predicted octanol–water partition coefficient (Wildman–Crippen LogP) is 14.4. The normalized spacial score (nSPS) is 13.0. The average Bonchev–Trinajstić information content (AvgIpc) is 0.826. The van der Waals surface area contributed by atoms with Gasteiger partial charge in [0.1, 0.15) is 70.1 Å². The number of halogens is 6. The number of hydrogen-bond donors (Lipinski definition) is 4. The van der Waals surface area contributed by atoms with Gasteiger partial charge >= 0.3 is 12.4 Å². The van der Waals surface area contributed by atoms with Crippen molar-refractivity contribution in [1.29, 1.82) is 0 Å². The van der Waals surface area contributed by atoms with Crippen molar-refractivity contribution in [2.45, 2.75) is 70.6 Å². The van der Waals surface area contributed by atoms with Gasteiger partial charge in [-0.25, -0.2) is 0 Å². The number of ether oxygens (including phenoxy) is 8. The van der Waals surface area contributed by atoms with Crippen LogP contribution >= 0.6 is 0 Å². The number of benzene rings is 8. The van der Waals surface area contributed by atoms with E-state index in [1.807, 2.05) is 25.1 Å². The lowest BCUT2D eigenvalue weighted by molar-refractivity contribution is -0.138. The molecular formula is C75H64F6O20. The largest absolute Gasteiger partial charge is 0.507 e. The number of phenols is 4. The van der Waals surface area contributed by atoms with Crippen molar-refractivity contribution >= 4 is 46.3 Å². The lowest BCUT2D eigenvalue weighted by Gasteiger charge is -2.19. The molecule has 0 unspecified atom stereocenters. The number of carbonyl (C=O) groups is 8. The lowest BCUT2D eigenvalue weighted by atomic mass is 9.97. The van der Waals surface area contributed by atoms with Gasteiger partial charge in [-0.3, -0.25) is 38.4 Å². The SMILES string of the molecule is Cc1ccc(C(=O)CCC(=O)c2cc3c(cc2O)OCCO3)cc1.O=C(CCC(=O)c1cc(O)c2c(c1)OCCO2)c1ccccc1.O=C(CCC(=O)c1cc2c(cc1O)OCCO2)c1cccc(C(F)(F)F)c1.O=C(CCC(=O)c1ccccc1C(F)(F)F)c1cc2c(cc1O)OCCO2. The summed E-state index contributed by atoms with van der Waals surface area (Å²) in [5.74, 6) is -1.45. The molecule has 4 N–H and O–H groups in total. The zero-order chi connectivity index (χ0) is 72.5. The number of hydrogen-bond acceptors (Lipinski definition) is 20. The second kappa shape index (κ2) is 33.2. The number of aryl methyl sites for hydroxylation is 1. The van der Waals surface area contributed by atoms with E-state index in [1.165, 1.54) is 60.7 Å². The molecule has 0 amide bonds. The van der Waals surface area contributed by atoms with Crippen LogP contribution in [-0.2, 0) is 12.4 Å². The minimum Gasteiger partial charge on any atom is -0.507 e. The van der Waals surface area contributed by atoms with Gasteiger partial charge < -0.3 is 58.3 Å². The lowest BCUT2D eigenvalue weighted by Crippen LogP contribution is -2.16. The van der Waals surface area contributed by atoms with Crippen molar-refractivity contribution in [3.63, 3.8) is 0 Å². The Labute approximate surface area is 572 Å². The van der Waals surface area contributed by atoms with Crippen LogP contribution in [0, 0.1) is 6.92 Å². The van der Waals surface area contributed by atoms with Gasteiger partial charge in [0.25, 0.3) is 0 Å². The summed E-state index contributed by atoms with van der Waals surface area (Å²) >= 11 is 0. The highest BCUT2D eigenvalue weighted by molar-refractivity contribution is 6.07. The molecule has 8 aromatic rings. The molecule has 0 radical (unpaired) electrons. The van der Waals surface area contributed by atoms with Gasteiger partial charge in [0.05, 0.1) is 27.8 Å². The molecule has 0 fully saturated rings. The predicted molar refractivity (Wildman–Crippen MR) is 348 cm³/mol. The Morgan fingerprint density at radius 1 is 0.307 bits per heavy atom. The van der Waals surface area contributed by atoms with E-state index in [9.17, 15) is 85.1 Å². The first-order valence-electron chi connectivity index (χ1n) is 31.4. The summed E-state index contributed by atoms with van der Waals surface area (Å²) in [6, 6.07) is 35.4. The number of ketones is 8. The topological polar surface area (TPSA) is 291 Å². The van der Waals surface area contributed by atoms with Crippen LogP contribution in [0.2, 0.25) is 0 Å². The highest BCUT2D eigenvalue weighted by Gasteiger charge is 2.35. The van der Waals surface area contributed by atoms with Crippen molar-refractivity contribution < 1.29 is 123 Å². The summed E-state index contributed by atoms with van der Waals surface area (Å²) in [6.45, 7) is 4.72. The van der Waals surface area contributed by atoms with Crippen LogP contribution in [0.1, 0.15) is 151 Å². The van der Waals surface area contributed by atoms with Crippen molar-refractivity contribution in [2.24, 2.45) is 0 Å². The molecule has 0 atom stereocenters. The number of alkyl halides is 6. The second-order valence-electron chi connectivity index (χ2n) is 22.8. The van der Waals surface area contributed by atoms with Crippen LogP contribution in [0.3, 0.4) is 0 Å². The number of fused-ring (bicyclic) bond motifs is 4. The van der Waals surface area contributed by atoms with Crippen molar-refractivity contribution in [3.8, 4) is 69.0 Å². The van der Waals surface area contributed by atoms with Crippen molar-refractivity contribution in [1.82, 2.24) is 0 Å². The molecule has 8 aromatic carbocycles. The summed E-state index contributed by atoms with van der Waals surface area (Å²) < 4.78 is 120. The van der Waals surface area contributed by atoms with Crippen molar-refractivity contribution in [2.75, 3.05) is 52.9 Å². The zero-order valence-electron chi connectivity index (χ0n) is 53.8. The molecule has 4 aliphatic heterocycles. The quantitative estimate of drug-likeness (QED) is 0.0407. The molecule has 0 aliphatic carbocycles. The summed E-state index contributed by atoms with van der Waals surface area (Å²) in [6.07, 6.45) is -10.2. The minimum atomic E-state index is -4.66. The Hall–Kier alpha value is -11.7. The summed E-state index contributed by atoms with van der Waals surface area (Å²) in [5.41, 5.74) is 0.0340. The zero-order valence-corrected chi connectivity index (χ0v) is 53.8. The summed E-state index contributed by atoms with van der Waals surface area (Å²) in [4.78, 5) is 97.8. The maximum absolute atomic E-state index is 13.0. The molecule has 101 heavy (non-hydrogen) atoms. The third kappa shape index (κ3) is 19.6. The molecule has 12 rings (SSSR count). The molecule has 526 valence electrons. The van der Waals surface area contributed by atoms with E-state index < -0.39 is 58.6 Å². The molecule has 26 heteroatoms. The Morgan fingerprint density at radius 2 is 0.653 bits per heavy atom. The van der Waals surface area contributed by atoms with Crippen LogP contribution in [0.15, 0.2) is 152 Å². The first-order chi connectivity index (χ1) is 48.2. The number of phenolic OH excluding ortho intramolecular Hbond substituents is 4. The maximum Gasteiger partial charge on any atom is 0.417 e. The number of rotatable bonds is 20. The fraction of sp³-hybridized carbons (Fsp3) is 0.253. The van der Waals surface area contributed by atoms with Gasteiger partial charge in [0.15, 0.2) is 92.3 Å². The number of aromatic hydroxyl groups is 4. The fourth-order valence-corrected chi connectivity index (χ4v) is 10.4. The third-order valence-corrected chi connectivity index (χ3v) is 15.7. The van der Waals surface area contributed by atoms with Crippen molar-refractivity contribution in [3.05, 3.63) is 213 Å². The summed E-state index contributed by atoms with van der Waals surface area (Å²) in [5, 5.41) is 39.9. The minimum absolute atomic E-state index is 0.0277. The first-order valence-corrected chi connectivity index (χ1v) is 31.4. The van der Waals surface area contributed by atoms with Gasteiger partial charge in [-0.2, -0.15) is 26.3 Å². The maximum atomic E-state index is 13.0. The first kappa shape index (κ1) is 73.5. The van der Waals surface area contributed by atoms with E-state index in [1.54, 1.807) is 42.5 Å². The van der Waals surface area contributed by atoms with E-state index >= 15 is 0 Å². The van der Waals surface area contributed by atoms with Crippen LogP contribution < -0.4 is 37.9 Å². The standard InChI is InChI=1S/2C19H15F3O5.C19H18O5.C18H16O5/c20-19(21,22)12-3-1-2-11(8-12)14(23)4-5-15(24)13-9-17-18(10-16(13)25)27-7-6-26-17;20-19(21,22)13-4-2-1-3-11(13)14(23)5-6-15(24)12-9-17-18(10-16(12)25)27-8-7-26-17;1-12-2-4-13(5-3-12)15(20)6-7-16(21)14-10-18-19(11-17(14)22)24-9-8-23-18;19-14(12-4-2-1-3-5-12)6-7-15(20)13-10-16(21)18-17(11-13)22-8-9-23-18/h1-3,8-10,25H,4-7H2;1-4,9-10,25H,5-8H2;2-5,10-11,22H,6-9H2,1H3;1-5,10-11,21H,6-9H2. The van der Waals surface area contributed by atoms with Crippen LogP contribution in [0.25, 0.3) is 0 Å². The van der Waals surface area contributed by atoms with Gasteiger partial charge in [0, 0.05) is 97.4 Å². The Bertz CT molecular complexity index is 4410. The monoisotopic (exact) mass is 1400 g/mol. The Kier molecular flexibility index (Phi) is 24.2. The number of carbonyl (C=O) groups excluding carboxylic acids is 8. The van der Waals surface area contributed by atoms with Gasteiger partial charge in [-0.15, -0.1) is 0 Å². The smallest absolute Gasteiger partial charge is 0.417 e. The summed E-state index contributed by atoms with van der Waals surface area (Å²) in [7, 11) is 0. The van der Waals surface area contributed by atoms with E-state index in [0.29, 0.717) is 97.4 Å². The fourth-order valence-electron chi connectivity index (χ4n) is 10.4. The van der Waals surface area contributed by atoms with Gasteiger partial charge in [-0.05, 0) is 55.5 Å². The molecule has 0 saturated heterocycles. The Morgan fingerprint density at radius 3 is 1.09 bits per heavy atom. The van der Waals surface area contributed by atoms with Crippen LogP contribution in [0.5, 0.6) is 69.0 Å². The van der Waals surface area contributed by atoms with Crippen LogP contribution in [-0.4, -0.2) is 120 Å². The number of Topliss-reactive ketones (excluding diaryl/α,β-unsaturated/α-hetero) is 8. The van der Waals surface area contributed by atoms with E-state index in [0.717, 1.165) is 35.9 Å². The second-order valence-corrected chi connectivity index (χ2v) is 22.8. The molecule has 4 aliphatic rings. The van der Waals surface area contributed by atoms with E-state index in [4.69, 9.17) is 37.9 Å². The molecule has 0 saturated carbocycles. The molecule has 4 heterocycles.